The molecule has 0 aliphatic carbocycles. The van der Waals surface area contributed by atoms with Gasteiger partial charge in [0.1, 0.15) is 17.9 Å². The molecule has 7 nitrogen and oxygen atoms in total. The number of hydrogen-bond donors (Lipinski definition) is 3. The summed E-state index contributed by atoms with van der Waals surface area (Å²) in [6.45, 7) is 3.71. The normalized spacial score (nSPS) is 13.4. The zero-order valence-electron chi connectivity index (χ0n) is 20.7. The summed E-state index contributed by atoms with van der Waals surface area (Å²) in [6, 6.07) is 24.6. The van der Waals surface area contributed by atoms with E-state index < -0.39 is 11.6 Å². The van der Waals surface area contributed by atoms with Gasteiger partial charge in [0.25, 0.3) is 0 Å². The van der Waals surface area contributed by atoms with Crippen LogP contribution in [0.2, 0.25) is 0 Å². The Morgan fingerprint density at radius 3 is 2.39 bits per heavy atom. The molecule has 0 aliphatic rings. The average molecular weight is 486 g/mol. The van der Waals surface area contributed by atoms with Crippen molar-refractivity contribution in [1.82, 2.24) is 15.6 Å². The third kappa shape index (κ3) is 5.86. The molecule has 186 valence electrons. The second kappa shape index (κ2) is 11.0. The first kappa shape index (κ1) is 24.9. The van der Waals surface area contributed by atoms with Crippen LogP contribution in [0.4, 0.5) is 4.79 Å². The molecule has 0 aliphatic heterocycles. The number of benzene rings is 3. The quantitative estimate of drug-likeness (QED) is 0.301. The average Bonchev–Trinajstić information content (AvgIpc) is 3.30. The van der Waals surface area contributed by atoms with Crippen LogP contribution >= 0.6 is 0 Å². The smallest absolute Gasteiger partial charge is 0.408 e. The van der Waals surface area contributed by atoms with Crippen molar-refractivity contribution in [1.29, 1.82) is 0 Å². The SMILES string of the molecule is COc1ccc(COC(=O)NC(C)(Cc2c[nH]c3ccccc23)C(=O)NC(C)c2ccccc2)cc1. The molecule has 4 rings (SSSR count). The van der Waals surface area contributed by atoms with Gasteiger partial charge in [-0.1, -0.05) is 60.7 Å². The molecule has 2 amide bonds. The largest absolute Gasteiger partial charge is 0.497 e. The number of hydrogen-bond acceptors (Lipinski definition) is 4. The first-order valence-electron chi connectivity index (χ1n) is 11.9. The summed E-state index contributed by atoms with van der Waals surface area (Å²) in [7, 11) is 1.59. The Morgan fingerprint density at radius 2 is 1.67 bits per heavy atom. The van der Waals surface area contributed by atoms with E-state index in [1.165, 1.54) is 0 Å². The van der Waals surface area contributed by atoms with E-state index >= 15 is 0 Å². The van der Waals surface area contributed by atoms with E-state index in [-0.39, 0.29) is 25.0 Å². The predicted octanol–water partition coefficient (Wildman–Crippen LogP) is 5.28. The van der Waals surface area contributed by atoms with Gasteiger partial charge in [0.05, 0.1) is 13.2 Å². The van der Waals surface area contributed by atoms with E-state index in [1.807, 2.05) is 79.9 Å². The van der Waals surface area contributed by atoms with Crippen molar-refractivity contribution in [3.63, 3.8) is 0 Å². The van der Waals surface area contributed by atoms with Crippen LogP contribution in [0.15, 0.2) is 85.1 Å². The number of amides is 2. The number of aromatic amines is 1. The van der Waals surface area contributed by atoms with Gasteiger partial charge in [0, 0.05) is 23.5 Å². The van der Waals surface area contributed by atoms with Crippen molar-refractivity contribution < 1.29 is 19.1 Å². The van der Waals surface area contributed by atoms with Crippen LogP contribution in [0.3, 0.4) is 0 Å². The summed E-state index contributed by atoms with van der Waals surface area (Å²) in [5.41, 5.74) is 2.42. The molecule has 0 saturated heterocycles. The van der Waals surface area contributed by atoms with Gasteiger partial charge in [-0.25, -0.2) is 4.79 Å². The van der Waals surface area contributed by atoms with Crippen molar-refractivity contribution in [2.24, 2.45) is 0 Å². The highest BCUT2D eigenvalue weighted by molar-refractivity contribution is 5.91. The Labute approximate surface area is 210 Å². The third-order valence-corrected chi connectivity index (χ3v) is 6.27. The van der Waals surface area contributed by atoms with Gasteiger partial charge < -0.3 is 25.1 Å². The van der Waals surface area contributed by atoms with Crippen molar-refractivity contribution in [2.75, 3.05) is 7.11 Å². The van der Waals surface area contributed by atoms with Crippen LogP contribution in [-0.2, 0) is 22.6 Å². The number of alkyl carbamates (subject to hydrolysis) is 1. The molecule has 36 heavy (non-hydrogen) atoms. The van der Waals surface area contributed by atoms with E-state index in [2.05, 4.69) is 15.6 Å². The summed E-state index contributed by atoms with van der Waals surface area (Å²) in [4.78, 5) is 29.7. The Morgan fingerprint density at radius 1 is 0.972 bits per heavy atom. The van der Waals surface area contributed by atoms with E-state index in [0.717, 1.165) is 33.3 Å². The van der Waals surface area contributed by atoms with Crippen LogP contribution in [0.25, 0.3) is 10.9 Å². The van der Waals surface area contributed by atoms with Crippen molar-refractivity contribution in [3.05, 3.63) is 102 Å². The van der Waals surface area contributed by atoms with Crippen LogP contribution in [-0.4, -0.2) is 29.6 Å². The summed E-state index contributed by atoms with van der Waals surface area (Å²) in [5.74, 6) is 0.421. The van der Waals surface area contributed by atoms with E-state index in [1.54, 1.807) is 26.2 Å². The number of fused-ring (bicyclic) bond motifs is 1. The molecule has 4 aromatic rings. The number of carbonyl (C=O) groups is 2. The molecule has 0 radical (unpaired) electrons. The Kier molecular flexibility index (Phi) is 7.59. The van der Waals surface area contributed by atoms with Gasteiger partial charge in [-0.15, -0.1) is 0 Å². The Hall–Kier alpha value is -4.26. The summed E-state index contributed by atoms with van der Waals surface area (Å²) in [6.07, 6.45) is 1.49. The fourth-order valence-corrected chi connectivity index (χ4v) is 4.15. The first-order chi connectivity index (χ1) is 17.4. The number of H-pyrrole nitrogens is 1. The summed E-state index contributed by atoms with van der Waals surface area (Å²) in [5, 5.41) is 6.89. The lowest BCUT2D eigenvalue weighted by molar-refractivity contribution is -0.127. The maximum Gasteiger partial charge on any atom is 0.408 e. The minimum atomic E-state index is -1.26. The van der Waals surface area contributed by atoms with Crippen molar-refractivity contribution in [3.8, 4) is 5.75 Å². The van der Waals surface area contributed by atoms with Crippen LogP contribution < -0.4 is 15.4 Å². The molecule has 7 heteroatoms. The standard InChI is InChI=1S/C29H31N3O4/c1-20(22-9-5-4-6-10-22)31-27(33)29(2,17-23-18-30-26-12-8-7-11-25(23)26)32-28(34)36-19-21-13-15-24(35-3)16-14-21/h4-16,18,20,30H,17,19H2,1-3H3,(H,31,33)(H,32,34). The molecule has 2 atom stereocenters. The molecule has 0 spiro atoms. The van der Waals surface area contributed by atoms with Gasteiger partial charge in [-0.05, 0) is 48.7 Å². The highest BCUT2D eigenvalue weighted by atomic mass is 16.5. The van der Waals surface area contributed by atoms with Crippen LogP contribution in [0.1, 0.15) is 36.6 Å². The second-order valence-corrected chi connectivity index (χ2v) is 9.02. The van der Waals surface area contributed by atoms with E-state index in [9.17, 15) is 9.59 Å². The predicted molar refractivity (Wildman–Crippen MR) is 140 cm³/mol. The monoisotopic (exact) mass is 485 g/mol. The topological polar surface area (TPSA) is 92.5 Å². The lowest BCUT2D eigenvalue weighted by atomic mass is 9.91. The number of carbonyl (C=O) groups excluding carboxylic acids is 2. The molecule has 0 fully saturated rings. The Bertz CT molecular complexity index is 1320. The lowest BCUT2D eigenvalue weighted by Gasteiger charge is -2.31. The van der Waals surface area contributed by atoms with Gasteiger partial charge in [0.2, 0.25) is 5.91 Å². The number of methoxy groups -OCH3 is 1. The summed E-state index contributed by atoms with van der Waals surface area (Å²) < 4.78 is 10.6. The van der Waals surface area contributed by atoms with E-state index in [0.29, 0.717) is 0 Å². The van der Waals surface area contributed by atoms with Gasteiger partial charge >= 0.3 is 6.09 Å². The fourth-order valence-electron chi connectivity index (χ4n) is 4.15. The Balaban J connectivity index is 1.52. The number of rotatable bonds is 9. The molecule has 2 unspecified atom stereocenters. The zero-order chi connectivity index (χ0) is 25.5. The lowest BCUT2D eigenvalue weighted by Crippen LogP contribution is -2.58. The highest BCUT2D eigenvalue weighted by Gasteiger charge is 2.37. The second-order valence-electron chi connectivity index (χ2n) is 9.02. The fraction of sp³-hybridized carbons (Fsp3) is 0.241. The molecular formula is C29H31N3O4. The third-order valence-electron chi connectivity index (χ3n) is 6.27. The van der Waals surface area contributed by atoms with Crippen molar-refractivity contribution in [2.45, 2.75) is 38.5 Å². The minimum absolute atomic E-state index is 0.0705. The van der Waals surface area contributed by atoms with Gasteiger partial charge in [-0.3, -0.25) is 4.79 Å². The molecule has 0 saturated carbocycles. The summed E-state index contributed by atoms with van der Waals surface area (Å²) >= 11 is 0. The molecule has 1 aromatic heterocycles. The molecule has 1 heterocycles. The molecule has 0 bridgehead atoms. The van der Waals surface area contributed by atoms with Gasteiger partial charge in [0.15, 0.2) is 0 Å². The minimum Gasteiger partial charge on any atom is -0.497 e. The molecule has 3 N–H and O–H groups in total. The highest BCUT2D eigenvalue weighted by Crippen LogP contribution is 2.24. The maximum absolute atomic E-state index is 13.6. The number of aromatic nitrogens is 1. The molecule has 3 aromatic carbocycles. The number of ether oxygens (including phenoxy) is 2. The first-order valence-corrected chi connectivity index (χ1v) is 11.9. The van der Waals surface area contributed by atoms with Crippen LogP contribution in [0, 0.1) is 0 Å². The number of para-hydroxylation sites is 1. The van der Waals surface area contributed by atoms with Crippen molar-refractivity contribution >= 4 is 22.9 Å². The zero-order valence-corrected chi connectivity index (χ0v) is 20.7. The number of nitrogens with one attached hydrogen (secondary N) is 3. The van der Waals surface area contributed by atoms with Crippen LogP contribution in [0.5, 0.6) is 5.75 Å². The van der Waals surface area contributed by atoms with E-state index in [4.69, 9.17) is 9.47 Å². The maximum atomic E-state index is 13.6. The molecular weight excluding hydrogens is 454 g/mol. The van der Waals surface area contributed by atoms with Gasteiger partial charge in [-0.2, -0.15) is 0 Å².